The lowest BCUT2D eigenvalue weighted by Gasteiger charge is -2.30. The molecule has 126 valence electrons. The first-order valence-electron chi connectivity index (χ1n) is 8.65. The summed E-state index contributed by atoms with van der Waals surface area (Å²) in [7, 11) is 0. The summed E-state index contributed by atoms with van der Waals surface area (Å²) in [5, 5.41) is 11.4. The number of para-hydroxylation sites is 1. The SMILES string of the molecule is Cc1ccccc1NC(=O)N1CCC(c2nnc(C3CC3)o2)CC1. The second-order valence-electron chi connectivity index (χ2n) is 6.76. The molecule has 6 heteroatoms. The van der Waals surface area contributed by atoms with E-state index >= 15 is 0 Å². The maximum Gasteiger partial charge on any atom is 0.321 e. The molecule has 1 saturated heterocycles. The van der Waals surface area contributed by atoms with E-state index in [0.717, 1.165) is 35.9 Å². The Labute approximate surface area is 141 Å². The van der Waals surface area contributed by atoms with Crippen molar-refractivity contribution < 1.29 is 9.21 Å². The molecule has 1 aromatic carbocycles. The molecule has 2 aromatic rings. The van der Waals surface area contributed by atoms with Crippen molar-refractivity contribution in [3.8, 4) is 0 Å². The number of hydrogen-bond acceptors (Lipinski definition) is 4. The third-order valence-electron chi connectivity index (χ3n) is 4.90. The molecule has 2 heterocycles. The van der Waals surface area contributed by atoms with Gasteiger partial charge in [0.1, 0.15) is 0 Å². The number of carbonyl (C=O) groups excluding carboxylic acids is 1. The van der Waals surface area contributed by atoms with Gasteiger partial charge in [0.25, 0.3) is 0 Å². The number of hydrogen-bond donors (Lipinski definition) is 1. The molecule has 0 spiro atoms. The Balaban J connectivity index is 1.33. The minimum Gasteiger partial charge on any atom is -0.425 e. The number of amides is 2. The lowest BCUT2D eigenvalue weighted by atomic mass is 9.97. The first-order valence-corrected chi connectivity index (χ1v) is 8.65. The molecule has 2 aliphatic rings. The molecule has 0 radical (unpaired) electrons. The number of anilines is 1. The van der Waals surface area contributed by atoms with Crippen LogP contribution in [0.3, 0.4) is 0 Å². The van der Waals surface area contributed by atoms with Crippen LogP contribution >= 0.6 is 0 Å². The largest absolute Gasteiger partial charge is 0.425 e. The highest BCUT2D eigenvalue weighted by Crippen LogP contribution is 2.40. The van der Waals surface area contributed by atoms with Gasteiger partial charge in [0.15, 0.2) is 0 Å². The van der Waals surface area contributed by atoms with Crippen LogP contribution in [0.4, 0.5) is 10.5 Å². The molecule has 4 rings (SSSR count). The van der Waals surface area contributed by atoms with Gasteiger partial charge in [0.2, 0.25) is 11.8 Å². The smallest absolute Gasteiger partial charge is 0.321 e. The van der Waals surface area contributed by atoms with Gasteiger partial charge < -0.3 is 14.6 Å². The maximum atomic E-state index is 12.4. The van der Waals surface area contributed by atoms with Crippen LogP contribution in [0.1, 0.15) is 54.9 Å². The Hall–Kier alpha value is -2.37. The van der Waals surface area contributed by atoms with Gasteiger partial charge in [-0.05, 0) is 44.2 Å². The van der Waals surface area contributed by atoms with Crippen molar-refractivity contribution in [1.82, 2.24) is 15.1 Å². The number of benzene rings is 1. The van der Waals surface area contributed by atoms with Crippen LogP contribution in [0.15, 0.2) is 28.7 Å². The summed E-state index contributed by atoms with van der Waals surface area (Å²) in [6, 6.07) is 7.79. The van der Waals surface area contributed by atoms with Crippen molar-refractivity contribution in [3.63, 3.8) is 0 Å². The molecule has 2 fully saturated rings. The van der Waals surface area contributed by atoms with Crippen LogP contribution in [0, 0.1) is 6.92 Å². The van der Waals surface area contributed by atoms with Gasteiger partial charge in [-0.3, -0.25) is 0 Å². The first-order chi connectivity index (χ1) is 11.7. The van der Waals surface area contributed by atoms with E-state index in [0.29, 0.717) is 19.0 Å². The zero-order valence-electron chi connectivity index (χ0n) is 13.9. The molecule has 1 aliphatic carbocycles. The van der Waals surface area contributed by atoms with Crippen molar-refractivity contribution in [2.45, 2.75) is 44.4 Å². The summed E-state index contributed by atoms with van der Waals surface area (Å²) in [6.07, 6.45) is 4.07. The van der Waals surface area contributed by atoms with Gasteiger partial charge in [-0.25, -0.2) is 4.79 Å². The second kappa shape index (κ2) is 6.26. The number of carbonyl (C=O) groups is 1. The van der Waals surface area contributed by atoms with Crippen molar-refractivity contribution in [1.29, 1.82) is 0 Å². The van der Waals surface area contributed by atoms with Gasteiger partial charge in [0.05, 0.1) is 0 Å². The van der Waals surface area contributed by atoms with Crippen molar-refractivity contribution in [3.05, 3.63) is 41.6 Å². The third-order valence-corrected chi connectivity index (χ3v) is 4.90. The number of likely N-dealkylation sites (tertiary alicyclic amines) is 1. The maximum absolute atomic E-state index is 12.4. The normalized spacial score (nSPS) is 18.6. The zero-order valence-corrected chi connectivity index (χ0v) is 13.9. The fourth-order valence-corrected chi connectivity index (χ4v) is 3.14. The Morgan fingerprint density at radius 2 is 1.71 bits per heavy atom. The van der Waals surface area contributed by atoms with Crippen LogP contribution in [-0.2, 0) is 0 Å². The molecule has 1 saturated carbocycles. The summed E-state index contributed by atoms with van der Waals surface area (Å²) in [5.74, 6) is 2.30. The van der Waals surface area contributed by atoms with Gasteiger partial charge in [0, 0.05) is 30.6 Å². The van der Waals surface area contributed by atoms with Crippen LogP contribution in [-0.4, -0.2) is 34.2 Å². The average Bonchev–Trinajstić information content (AvgIpc) is 3.34. The minimum absolute atomic E-state index is 0.0352. The van der Waals surface area contributed by atoms with E-state index in [9.17, 15) is 4.79 Å². The molecule has 1 aliphatic heterocycles. The first kappa shape index (κ1) is 15.2. The van der Waals surface area contributed by atoms with Crippen molar-refractivity contribution in [2.24, 2.45) is 0 Å². The highest BCUT2D eigenvalue weighted by atomic mass is 16.4. The number of urea groups is 1. The van der Waals surface area contributed by atoms with Crippen molar-refractivity contribution >= 4 is 11.7 Å². The van der Waals surface area contributed by atoms with Crippen LogP contribution in [0.5, 0.6) is 0 Å². The van der Waals surface area contributed by atoms with E-state index in [1.807, 2.05) is 36.1 Å². The van der Waals surface area contributed by atoms with E-state index in [2.05, 4.69) is 15.5 Å². The highest BCUT2D eigenvalue weighted by Gasteiger charge is 2.32. The molecular formula is C18H22N4O2. The van der Waals surface area contributed by atoms with Gasteiger partial charge in [-0.1, -0.05) is 18.2 Å². The van der Waals surface area contributed by atoms with Gasteiger partial charge in [-0.15, -0.1) is 10.2 Å². The van der Waals surface area contributed by atoms with Crippen LogP contribution < -0.4 is 5.32 Å². The number of aromatic nitrogens is 2. The molecule has 24 heavy (non-hydrogen) atoms. The second-order valence-corrected chi connectivity index (χ2v) is 6.76. The number of piperidine rings is 1. The number of rotatable bonds is 3. The Morgan fingerprint density at radius 3 is 2.33 bits per heavy atom. The Bertz CT molecular complexity index is 730. The predicted molar refractivity (Wildman–Crippen MR) is 90.0 cm³/mol. The molecule has 0 bridgehead atoms. The fraction of sp³-hybridized carbons (Fsp3) is 0.500. The van der Waals surface area contributed by atoms with E-state index in [1.54, 1.807) is 0 Å². The zero-order chi connectivity index (χ0) is 16.5. The molecule has 2 amide bonds. The molecule has 0 atom stereocenters. The monoisotopic (exact) mass is 326 g/mol. The molecule has 6 nitrogen and oxygen atoms in total. The van der Waals surface area contributed by atoms with E-state index in [-0.39, 0.29) is 11.9 Å². The van der Waals surface area contributed by atoms with E-state index in [1.165, 1.54) is 12.8 Å². The number of aryl methyl sites for hydroxylation is 1. The van der Waals surface area contributed by atoms with E-state index in [4.69, 9.17) is 4.42 Å². The summed E-state index contributed by atoms with van der Waals surface area (Å²) >= 11 is 0. The third kappa shape index (κ3) is 3.13. The van der Waals surface area contributed by atoms with E-state index < -0.39 is 0 Å². The highest BCUT2D eigenvalue weighted by molar-refractivity contribution is 5.90. The molecule has 0 unspecified atom stereocenters. The topological polar surface area (TPSA) is 71.3 Å². The minimum atomic E-state index is -0.0352. The van der Waals surface area contributed by atoms with Crippen LogP contribution in [0.25, 0.3) is 0 Å². The fourth-order valence-electron chi connectivity index (χ4n) is 3.14. The number of nitrogens with one attached hydrogen (secondary N) is 1. The average molecular weight is 326 g/mol. The molecule has 1 aromatic heterocycles. The van der Waals surface area contributed by atoms with Gasteiger partial charge in [-0.2, -0.15) is 0 Å². The van der Waals surface area contributed by atoms with Gasteiger partial charge >= 0.3 is 6.03 Å². The lowest BCUT2D eigenvalue weighted by Crippen LogP contribution is -2.40. The summed E-state index contributed by atoms with van der Waals surface area (Å²) in [6.45, 7) is 3.42. The molecule has 1 N–H and O–H groups in total. The standard InChI is InChI=1S/C18H22N4O2/c1-12-4-2-3-5-15(12)19-18(23)22-10-8-14(9-11-22)17-21-20-16(24-17)13-6-7-13/h2-5,13-14H,6-11H2,1H3,(H,19,23). The predicted octanol–water partition coefficient (Wildman–Crippen LogP) is 3.67. The Morgan fingerprint density at radius 1 is 1.08 bits per heavy atom. The summed E-state index contributed by atoms with van der Waals surface area (Å²) in [4.78, 5) is 14.3. The van der Waals surface area contributed by atoms with Crippen LogP contribution in [0.2, 0.25) is 0 Å². The summed E-state index contributed by atoms with van der Waals surface area (Å²) in [5.41, 5.74) is 1.94. The molecular weight excluding hydrogens is 304 g/mol. The Kier molecular flexibility index (Phi) is 3.96. The van der Waals surface area contributed by atoms with Crippen molar-refractivity contribution in [2.75, 3.05) is 18.4 Å². The number of nitrogens with zero attached hydrogens (tertiary/aromatic N) is 3. The summed E-state index contributed by atoms with van der Waals surface area (Å²) < 4.78 is 5.81. The lowest BCUT2D eigenvalue weighted by molar-refractivity contribution is 0.189. The quantitative estimate of drug-likeness (QED) is 0.934.